The summed E-state index contributed by atoms with van der Waals surface area (Å²) in [5.41, 5.74) is 12.1. The lowest BCUT2D eigenvalue weighted by molar-refractivity contribution is -0.115. The molecule has 0 aliphatic heterocycles. The molecule has 3 N–H and O–H groups in total. The molecule has 0 bridgehead atoms. The van der Waals surface area contributed by atoms with E-state index in [1.54, 1.807) is 12.1 Å². The van der Waals surface area contributed by atoms with E-state index in [2.05, 4.69) is 5.32 Å². The molecule has 1 amide bonds. The molecule has 3 aromatic carbocycles. The summed E-state index contributed by atoms with van der Waals surface area (Å²) in [7, 11) is 0. The van der Waals surface area contributed by atoms with Gasteiger partial charge < -0.3 is 11.1 Å². The zero-order valence-electron chi connectivity index (χ0n) is 14.8. The highest BCUT2D eigenvalue weighted by atomic mass is 19.1. The Labute approximate surface area is 152 Å². The number of carbonyl (C=O) groups is 1. The van der Waals surface area contributed by atoms with E-state index in [0.29, 0.717) is 11.4 Å². The van der Waals surface area contributed by atoms with Crippen molar-refractivity contribution < 1.29 is 9.18 Å². The molecule has 132 valence electrons. The van der Waals surface area contributed by atoms with E-state index in [0.717, 1.165) is 27.8 Å². The summed E-state index contributed by atoms with van der Waals surface area (Å²) < 4.78 is 13.0. The van der Waals surface area contributed by atoms with Gasteiger partial charge in [-0.1, -0.05) is 42.5 Å². The number of nitrogens with two attached hydrogens (primary N) is 1. The van der Waals surface area contributed by atoms with Crippen molar-refractivity contribution in [3.05, 3.63) is 83.2 Å². The van der Waals surface area contributed by atoms with Gasteiger partial charge in [0.2, 0.25) is 5.91 Å². The first kappa shape index (κ1) is 17.7. The van der Waals surface area contributed by atoms with Crippen LogP contribution in [0.25, 0.3) is 11.1 Å². The van der Waals surface area contributed by atoms with Gasteiger partial charge in [-0.3, -0.25) is 4.79 Å². The van der Waals surface area contributed by atoms with Crippen LogP contribution in [0.15, 0.2) is 60.7 Å². The number of nitrogens with one attached hydrogen (secondary N) is 1. The molecule has 0 heterocycles. The molecule has 0 aliphatic rings. The maximum absolute atomic E-state index is 13.0. The lowest BCUT2D eigenvalue weighted by Gasteiger charge is -2.18. The fraction of sp³-hybridized carbons (Fsp3) is 0.136. The highest BCUT2D eigenvalue weighted by Gasteiger charge is 2.15. The summed E-state index contributed by atoms with van der Waals surface area (Å²) in [6, 6.07) is 17.8. The molecule has 0 aromatic heterocycles. The monoisotopic (exact) mass is 348 g/mol. The van der Waals surface area contributed by atoms with Gasteiger partial charge in [-0.2, -0.15) is 0 Å². The second-order valence-electron chi connectivity index (χ2n) is 6.37. The minimum absolute atomic E-state index is 0.167. The topological polar surface area (TPSA) is 55.1 Å². The van der Waals surface area contributed by atoms with Crippen molar-refractivity contribution >= 4 is 17.3 Å². The Balaban J connectivity index is 1.94. The quantitative estimate of drug-likeness (QED) is 0.661. The minimum Gasteiger partial charge on any atom is -0.398 e. The second-order valence-corrected chi connectivity index (χ2v) is 6.37. The molecule has 0 spiro atoms. The predicted molar refractivity (Wildman–Crippen MR) is 104 cm³/mol. The summed E-state index contributed by atoms with van der Waals surface area (Å²) in [6.45, 7) is 3.86. The highest BCUT2D eigenvalue weighted by Crippen LogP contribution is 2.36. The van der Waals surface area contributed by atoms with Crippen LogP contribution in [0, 0.1) is 19.7 Å². The van der Waals surface area contributed by atoms with Gasteiger partial charge in [-0.05, 0) is 54.3 Å². The number of rotatable bonds is 4. The number of amides is 1. The van der Waals surface area contributed by atoms with E-state index in [1.165, 1.54) is 12.1 Å². The van der Waals surface area contributed by atoms with Crippen LogP contribution in [-0.4, -0.2) is 5.91 Å². The van der Waals surface area contributed by atoms with Crippen LogP contribution in [0.4, 0.5) is 15.8 Å². The summed E-state index contributed by atoms with van der Waals surface area (Å²) in [5.74, 6) is -0.484. The third-order valence-corrected chi connectivity index (χ3v) is 4.46. The lowest BCUT2D eigenvalue weighted by atomic mass is 9.96. The number of nitrogen functional groups attached to an aromatic ring is 1. The zero-order chi connectivity index (χ0) is 18.7. The van der Waals surface area contributed by atoms with Gasteiger partial charge in [-0.25, -0.2) is 4.39 Å². The van der Waals surface area contributed by atoms with Crippen molar-refractivity contribution in [1.82, 2.24) is 0 Å². The first-order valence-corrected chi connectivity index (χ1v) is 8.45. The molecule has 0 unspecified atom stereocenters. The Morgan fingerprint density at radius 2 is 1.69 bits per heavy atom. The molecule has 0 saturated heterocycles. The molecule has 0 saturated carbocycles. The van der Waals surface area contributed by atoms with Crippen molar-refractivity contribution in [3.8, 4) is 11.1 Å². The van der Waals surface area contributed by atoms with Crippen LogP contribution in [0.5, 0.6) is 0 Å². The Bertz CT molecular complexity index is 935. The van der Waals surface area contributed by atoms with Crippen molar-refractivity contribution in [1.29, 1.82) is 0 Å². The molecular weight excluding hydrogens is 327 g/mol. The van der Waals surface area contributed by atoms with Crippen LogP contribution in [-0.2, 0) is 11.2 Å². The van der Waals surface area contributed by atoms with Gasteiger partial charge >= 0.3 is 0 Å². The van der Waals surface area contributed by atoms with Crippen molar-refractivity contribution in [2.75, 3.05) is 11.1 Å². The Morgan fingerprint density at radius 1 is 1.04 bits per heavy atom. The van der Waals surface area contributed by atoms with E-state index in [9.17, 15) is 9.18 Å². The van der Waals surface area contributed by atoms with Gasteiger partial charge in [0.25, 0.3) is 0 Å². The maximum atomic E-state index is 13.0. The highest BCUT2D eigenvalue weighted by molar-refractivity contribution is 5.99. The van der Waals surface area contributed by atoms with Crippen molar-refractivity contribution in [3.63, 3.8) is 0 Å². The third-order valence-electron chi connectivity index (χ3n) is 4.46. The number of carbonyl (C=O) groups excluding carboxylic acids is 1. The number of benzene rings is 3. The van der Waals surface area contributed by atoms with Gasteiger partial charge in [-0.15, -0.1) is 0 Å². The number of hydrogen-bond acceptors (Lipinski definition) is 2. The second kappa shape index (κ2) is 7.40. The fourth-order valence-corrected chi connectivity index (χ4v) is 2.98. The average Bonchev–Trinajstić information content (AvgIpc) is 2.64. The number of hydrogen-bond donors (Lipinski definition) is 2. The van der Waals surface area contributed by atoms with Gasteiger partial charge in [0, 0.05) is 11.3 Å². The first-order valence-electron chi connectivity index (χ1n) is 8.45. The van der Waals surface area contributed by atoms with E-state index in [4.69, 9.17) is 5.73 Å². The van der Waals surface area contributed by atoms with Crippen LogP contribution in [0.1, 0.15) is 16.7 Å². The SMILES string of the molecule is Cc1cc(-c2ccccc2)c(NC(=O)Cc2ccc(F)cc2)c(C)c1N. The molecular formula is C22H21FN2O. The van der Waals surface area contributed by atoms with Crippen molar-refractivity contribution in [2.24, 2.45) is 0 Å². The first-order chi connectivity index (χ1) is 12.5. The predicted octanol–water partition coefficient (Wildman–Crippen LogP) is 4.87. The smallest absolute Gasteiger partial charge is 0.228 e. The van der Waals surface area contributed by atoms with Crippen LogP contribution in [0.2, 0.25) is 0 Å². The van der Waals surface area contributed by atoms with Gasteiger partial charge in [0.15, 0.2) is 0 Å². The average molecular weight is 348 g/mol. The third kappa shape index (κ3) is 3.75. The molecule has 3 aromatic rings. The Hall–Kier alpha value is -3.14. The van der Waals surface area contributed by atoms with Gasteiger partial charge in [0.05, 0.1) is 12.1 Å². The molecule has 3 rings (SSSR count). The molecule has 0 radical (unpaired) electrons. The Morgan fingerprint density at radius 3 is 2.35 bits per heavy atom. The molecule has 0 aliphatic carbocycles. The Kier molecular flexibility index (Phi) is 5.03. The zero-order valence-corrected chi connectivity index (χ0v) is 14.8. The lowest BCUT2D eigenvalue weighted by Crippen LogP contribution is -2.16. The molecule has 0 atom stereocenters. The molecule has 4 heteroatoms. The standard InChI is InChI=1S/C22H21FN2O/c1-14-12-19(17-6-4-3-5-7-17)22(15(2)21(14)24)25-20(26)13-16-8-10-18(23)11-9-16/h3-12H,13,24H2,1-2H3,(H,25,26). The molecule has 0 fully saturated rings. The van der Waals surface area contributed by atoms with Crippen molar-refractivity contribution in [2.45, 2.75) is 20.3 Å². The summed E-state index contributed by atoms with van der Waals surface area (Å²) in [4.78, 5) is 12.6. The minimum atomic E-state index is -0.317. The van der Waals surface area contributed by atoms with E-state index in [-0.39, 0.29) is 18.1 Å². The van der Waals surface area contributed by atoms with Crippen LogP contribution in [0.3, 0.4) is 0 Å². The van der Waals surface area contributed by atoms with E-state index in [1.807, 2.05) is 50.2 Å². The summed E-state index contributed by atoms with van der Waals surface area (Å²) in [6.07, 6.45) is 0.168. The number of aryl methyl sites for hydroxylation is 1. The largest absolute Gasteiger partial charge is 0.398 e. The van der Waals surface area contributed by atoms with E-state index < -0.39 is 0 Å². The number of anilines is 2. The molecule has 26 heavy (non-hydrogen) atoms. The normalized spacial score (nSPS) is 10.6. The van der Waals surface area contributed by atoms with Gasteiger partial charge in [0.1, 0.15) is 5.82 Å². The molecule has 3 nitrogen and oxygen atoms in total. The fourth-order valence-electron chi connectivity index (χ4n) is 2.98. The maximum Gasteiger partial charge on any atom is 0.228 e. The van der Waals surface area contributed by atoms with Crippen LogP contribution < -0.4 is 11.1 Å². The number of halogens is 1. The van der Waals surface area contributed by atoms with Crippen LogP contribution >= 0.6 is 0 Å². The summed E-state index contributed by atoms with van der Waals surface area (Å²) in [5, 5.41) is 3.00. The van der Waals surface area contributed by atoms with E-state index >= 15 is 0 Å². The summed E-state index contributed by atoms with van der Waals surface area (Å²) >= 11 is 0.